The van der Waals surface area contributed by atoms with Crippen LogP contribution in [0.25, 0.3) is 0 Å². The van der Waals surface area contributed by atoms with Crippen LogP contribution < -0.4 is 0 Å². The van der Waals surface area contributed by atoms with Crippen LogP contribution in [0.4, 0.5) is 0 Å². The van der Waals surface area contributed by atoms with E-state index in [0.29, 0.717) is 11.5 Å². The van der Waals surface area contributed by atoms with Crippen LogP contribution in [0.15, 0.2) is 16.6 Å². The molecule has 1 aliphatic heterocycles. The monoisotopic (exact) mass is 179 g/mol. The van der Waals surface area contributed by atoms with Gasteiger partial charge in [-0.3, -0.25) is 4.99 Å². The number of hydrogen-bond donors (Lipinski definition) is 0. The molecule has 0 N–H and O–H groups in total. The van der Waals surface area contributed by atoms with E-state index in [4.69, 9.17) is 4.99 Å². The highest BCUT2D eigenvalue weighted by Gasteiger charge is 2.30. The van der Waals surface area contributed by atoms with Crippen LogP contribution in [0.1, 0.15) is 47.5 Å². The summed E-state index contributed by atoms with van der Waals surface area (Å²) >= 11 is 0. The molecule has 0 aromatic heterocycles. The second kappa shape index (κ2) is 3.65. The van der Waals surface area contributed by atoms with Crippen molar-refractivity contribution in [2.24, 2.45) is 10.4 Å². The first-order chi connectivity index (χ1) is 5.99. The summed E-state index contributed by atoms with van der Waals surface area (Å²) in [6, 6.07) is 0.494. The second-order valence-corrected chi connectivity index (χ2v) is 4.83. The third kappa shape index (κ3) is 2.20. The van der Waals surface area contributed by atoms with Crippen LogP contribution in [0.2, 0.25) is 0 Å². The first-order valence-corrected chi connectivity index (χ1v) is 5.21. The van der Waals surface area contributed by atoms with E-state index < -0.39 is 0 Å². The van der Waals surface area contributed by atoms with Gasteiger partial charge in [-0.25, -0.2) is 0 Å². The Kier molecular flexibility index (Phi) is 2.94. The Hall–Kier alpha value is -0.590. The van der Waals surface area contributed by atoms with Gasteiger partial charge in [0.25, 0.3) is 0 Å². The van der Waals surface area contributed by atoms with E-state index in [1.165, 1.54) is 11.3 Å². The van der Waals surface area contributed by atoms with Gasteiger partial charge in [0.1, 0.15) is 0 Å². The largest absolute Gasteiger partial charge is 0.285 e. The summed E-state index contributed by atoms with van der Waals surface area (Å²) in [4.78, 5) is 4.78. The van der Waals surface area contributed by atoms with Gasteiger partial charge in [0.15, 0.2) is 0 Å². The summed E-state index contributed by atoms with van der Waals surface area (Å²) < 4.78 is 0. The molecule has 1 rings (SSSR count). The lowest BCUT2D eigenvalue weighted by atomic mass is 9.85. The molecule has 1 atom stereocenters. The average Bonchev–Trinajstić information content (AvgIpc) is 2.45. The minimum absolute atomic E-state index is 0.311. The zero-order valence-corrected chi connectivity index (χ0v) is 9.52. The van der Waals surface area contributed by atoms with Gasteiger partial charge in [-0.1, -0.05) is 33.8 Å². The molecule has 74 valence electrons. The summed E-state index contributed by atoms with van der Waals surface area (Å²) in [5.74, 6) is 0. The van der Waals surface area contributed by atoms with Gasteiger partial charge >= 0.3 is 0 Å². The number of allylic oxidation sites excluding steroid dienone is 1. The maximum atomic E-state index is 4.78. The molecule has 1 heterocycles. The SMILES string of the molecule is C/C=C1/CC(C(C)(C)C)N=C1CC. The zero-order chi connectivity index (χ0) is 10.1. The molecule has 0 radical (unpaired) electrons. The molecule has 1 nitrogen and oxygen atoms in total. The molecule has 0 aromatic carbocycles. The summed E-state index contributed by atoms with van der Waals surface area (Å²) in [5, 5.41) is 0. The minimum Gasteiger partial charge on any atom is -0.285 e. The van der Waals surface area contributed by atoms with Gasteiger partial charge < -0.3 is 0 Å². The summed E-state index contributed by atoms with van der Waals surface area (Å²) in [6.07, 6.45) is 4.43. The quantitative estimate of drug-likeness (QED) is 0.583. The highest BCUT2D eigenvalue weighted by Crippen LogP contribution is 2.33. The third-order valence-electron chi connectivity index (χ3n) is 2.78. The molecule has 0 fully saturated rings. The second-order valence-electron chi connectivity index (χ2n) is 4.83. The third-order valence-corrected chi connectivity index (χ3v) is 2.78. The lowest BCUT2D eigenvalue weighted by molar-refractivity contribution is 0.329. The fourth-order valence-electron chi connectivity index (χ4n) is 1.75. The van der Waals surface area contributed by atoms with Crippen molar-refractivity contribution in [3.05, 3.63) is 11.6 Å². The van der Waals surface area contributed by atoms with Crippen molar-refractivity contribution >= 4 is 5.71 Å². The van der Waals surface area contributed by atoms with Crippen molar-refractivity contribution in [3.63, 3.8) is 0 Å². The van der Waals surface area contributed by atoms with Crippen LogP contribution in [0, 0.1) is 5.41 Å². The van der Waals surface area contributed by atoms with Crippen molar-refractivity contribution < 1.29 is 0 Å². The van der Waals surface area contributed by atoms with E-state index in [0.717, 1.165) is 12.8 Å². The molecule has 0 bridgehead atoms. The Morgan fingerprint density at radius 3 is 2.38 bits per heavy atom. The van der Waals surface area contributed by atoms with Crippen molar-refractivity contribution in [2.45, 2.75) is 53.5 Å². The highest BCUT2D eigenvalue weighted by atomic mass is 14.9. The van der Waals surface area contributed by atoms with Crippen molar-refractivity contribution in [3.8, 4) is 0 Å². The van der Waals surface area contributed by atoms with E-state index >= 15 is 0 Å². The van der Waals surface area contributed by atoms with E-state index in [2.05, 4.69) is 40.7 Å². The molecule has 0 saturated carbocycles. The molecule has 0 spiro atoms. The molecule has 1 aliphatic rings. The molecule has 0 aliphatic carbocycles. The van der Waals surface area contributed by atoms with Crippen LogP contribution in [0.5, 0.6) is 0 Å². The minimum atomic E-state index is 0.311. The topological polar surface area (TPSA) is 12.4 Å². The molecule has 0 aromatic rings. The summed E-state index contributed by atoms with van der Waals surface area (Å²) in [5.41, 5.74) is 3.09. The van der Waals surface area contributed by atoms with E-state index in [-0.39, 0.29) is 0 Å². The zero-order valence-electron chi connectivity index (χ0n) is 9.52. The van der Waals surface area contributed by atoms with Gasteiger partial charge in [-0.05, 0) is 30.8 Å². The van der Waals surface area contributed by atoms with Crippen molar-refractivity contribution in [1.82, 2.24) is 0 Å². The average molecular weight is 179 g/mol. The first-order valence-electron chi connectivity index (χ1n) is 5.21. The van der Waals surface area contributed by atoms with E-state index in [1.54, 1.807) is 0 Å². The number of rotatable bonds is 1. The predicted octanol–water partition coefficient (Wildman–Crippen LogP) is 3.60. The standard InChI is InChI=1S/C12H21N/c1-6-9-8-11(12(3,4)5)13-10(9)7-2/h6,11H,7-8H2,1-5H3/b9-6-. The normalized spacial score (nSPS) is 26.7. The Morgan fingerprint density at radius 2 is 2.08 bits per heavy atom. The van der Waals surface area contributed by atoms with Crippen molar-refractivity contribution in [1.29, 1.82) is 0 Å². The van der Waals surface area contributed by atoms with Gasteiger partial charge in [0.05, 0.1) is 6.04 Å². The predicted molar refractivity (Wildman–Crippen MR) is 59.3 cm³/mol. The van der Waals surface area contributed by atoms with Crippen LogP contribution >= 0.6 is 0 Å². The van der Waals surface area contributed by atoms with Gasteiger partial charge in [0.2, 0.25) is 0 Å². The maximum absolute atomic E-state index is 4.78. The smallest absolute Gasteiger partial charge is 0.0592 e. The number of aliphatic imine (C=N–C) groups is 1. The Morgan fingerprint density at radius 1 is 1.46 bits per heavy atom. The van der Waals surface area contributed by atoms with E-state index in [1.807, 2.05) is 0 Å². The van der Waals surface area contributed by atoms with Gasteiger partial charge in [0, 0.05) is 5.71 Å². The summed E-state index contributed by atoms with van der Waals surface area (Å²) in [7, 11) is 0. The fourth-order valence-corrected chi connectivity index (χ4v) is 1.75. The Labute approximate surface area is 82.0 Å². The number of hydrogen-bond acceptors (Lipinski definition) is 1. The molecular formula is C12H21N. The molecule has 0 saturated heterocycles. The Balaban J connectivity index is 2.84. The fraction of sp³-hybridized carbons (Fsp3) is 0.750. The molecule has 0 amide bonds. The van der Waals surface area contributed by atoms with Gasteiger partial charge in [-0.2, -0.15) is 0 Å². The van der Waals surface area contributed by atoms with Crippen LogP contribution in [-0.4, -0.2) is 11.8 Å². The van der Waals surface area contributed by atoms with E-state index in [9.17, 15) is 0 Å². The highest BCUT2D eigenvalue weighted by molar-refractivity contribution is 6.01. The van der Waals surface area contributed by atoms with Crippen LogP contribution in [0.3, 0.4) is 0 Å². The first kappa shape index (κ1) is 10.5. The molecule has 13 heavy (non-hydrogen) atoms. The molecule has 1 unspecified atom stereocenters. The van der Waals surface area contributed by atoms with Crippen LogP contribution in [-0.2, 0) is 0 Å². The summed E-state index contributed by atoms with van der Waals surface area (Å²) in [6.45, 7) is 11.1. The lowest BCUT2D eigenvalue weighted by Gasteiger charge is -2.23. The molecular weight excluding hydrogens is 158 g/mol. The van der Waals surface area contributed by atoms with Gasteiger partial charge in [-0.15, -0.1) is 0 Å². The lowest BCUT2D eigenvalue weighted by Crippen LogP contribution is -2.21. The molecule has 1 heteroatoms. The number of nitrogens with zero attached hydrogens (tertiary/aromatic N) is 1. The Bertz CT molecular complexity index is 240. The maximum Gasteiger partial charge on any atom is 0.0592 e. The van der Waals surface area contributed by atoms with Crippen molar-refractivity contribution in [2.75, 3.05) is 0 Å².